The number of alkyl halides is 2. The minimum Gasteiger partial charge on any atom is -0.452 e. The number of benzene rings is 1. The van der Waals surface area contributed by atoms with Gasteiger partial charge in [-0.15, -0.1) is 0 Å². The molecule has 1 amide bonds. The number of sulfone groups is 1. The molecule has 2 rings (SSSR count). The van der Waals surface area contributed by atoms with E-state index in [0.29, 0.717) is 0 Å². The van der Waals surface area contributed by atoms with E-state index in [1.54, 1.807) is 0 Å². The van der Waals surface area contributed by atoms with Gasteiger partial charge in [-0.3, -0.25) is 4.79 Å². The molecular weight excluding hydrogens is 328 g/mol. The highest BCUT2D eigenvalue weighted by molar-refractivity contribution is 7.91. The van der Waals surface area contributed by atoms with E-state index in [2.05, 4.69) is 5.32 Å². The van der Waals surface area contributed by atoms with Crippen LogP contribution in [0.25, 0.3) is 0 Å². The molecule has 1 heterocycles. The van der Waals surface area contributed by atoms with Gasteiger partial charge in [-0.2, -0.15) is 8.78 Å². The number of hydrogen-bond donors (Lipinski definition) is 1. The smallest absolute Gasteiger partial charge is 0.341 e. The van der Waals surface area contributed by atoms with Crippen molar-refractivity contribution in [1.82, 2.24) is 0 Å². The number of furan rings is 1. The third kappa shape index (κ3) is 3.06. The van der Waals surface area contributed by atoms with Crippen LogP contribution in [0.4, 0.5) is 14.5 Å². The number of carbonyl (C=O) groups excluding carboxylic acids is 1. The summed E-state index contributed by atoms with van der Waals surface area (Å²) in [7, 11) is -4.84. The molecule has 0 bridgehead atoms. The number of carbonyl (C=O) groups is 1. The Bertz CT molecular complexity index is 773. The molecule has 0 unspecified atom stereocenters. The van der Waals surface area contributed by atoms with Crippen molar-refractivity contribution in [3.63, 3.8) is 0 Å². The van der Waals surface area contributed by atoms with Gasteiger partial charge in [-0.1, -0.05) is 12.1 Å². The summed E-state index contributed by atoms with van der Waals surface area (Å²) in [5, 5.41) is 2.03. The standard InChI is InChI=1S/C12H8ClF2NO4S/c13-10-7(5-6-20-10)11(17)16-8-3-1-2-4-9(8)21(18,19)12(14)15/h1-6,12H,(H,16,17). The fourth-order valence-corrected chi connectivity index (χ4v) is 2.65. The van der Waals surface area contributed by atoms with Gasteiger partial charge in [0.25, 0.3) is 5.91 Å². The van der Waals surface area contributed by atoms with Crippen molar-refractivity contribution in [2.75, 3.05) is 5.32 Å². The SMILES string of the molecule is O=C(Nc1ccccc1S(=O)(=O)C(F)F)c1ccoc1Cl. The lowest BCUT2D eigenvalue weighted by Gasteiger charge is -2.10. The zero-order chi connectivity index (χ0) is 15.6. The topological polar surface area (TPSA) is 76.4 Å². The highest BCUT2D eigenvalue weighted by Gasteiger charge is 2.29. The average Bonchev–Trinajstić information content (AvgIpc) is 2.85. The van der Waals surface area contributed by atoms with E-state index in [1.165, 1.54) is 30.5 Å². The van der Waals surface area contributed by atoms with E-state index in [4.69, 9.17) is 16.0 Å². The third-order valence-corrected chi connectivity index (χ3v) is 4.27. The van der Waals surface area contributed by atoms with Crippen molar-refractivity contribution >= 4 is 33.0 Å². The van der Waals surface area contributed by atoms with Crippen molar-refractivity contribution < 1.29 is 26.4 Å². The van der Waals surface area contributed by atoms with Gasteiger partial charge in [0, 0.05) is 0 Å². The molecule has 2 aromatic rings. The molecule has 0 spiro atoms. The number of halogens is 3. The Labute approximate surface area is 123 Å². The molecule has 112 valence electrons. The summed E-state index contributed by atoms with van der Waals surface area (Å²) < 4.78 is 53.0. The van der Waals surface area contributed by atoms with Gasteiger partial charge < -0.3 is 9.73 Å². The minimum atomic E-state index is -4.84. The molecule has 0 atom stereocenters. The lowest BCUT2D eigenvalue weighted by atomic mass is 10.3. The Morgan fingerprint density at radius 1 is 1.24 bits per heavy atom. The molecule has 0 aliphatic rings. The van der Waals surface area contributed by atoms with Crippen molar-refractivity contribution in [1.29, 1.82) is 0 Å². The monoisotopic (exact) mass is 335 g/mol. The van der Waals surface area contributed by atoms with Gasteiger partial charge in [0.05, 0.1) is 22.4 Å². The highest BCUT2D eigenvalue weighted by Crippen LogP contribution is 2.27. The van der Waals surface area contributed by atoms with E-state index in [1.807, 2.05) is 0 Å². The van der Waals surface area contributed by atoms with Crippen LogP contribution < -0.4 is 5.32 Å². The van der Waals surface area contributed by atoms with Crippen molar-refractivity contribution in [2.24, 2.45) is 0 Å². The summed E-state index contributed by atoms with van der Waals surface area (Å²) in [6, 6.07) is 6.12. The maximum absolute atomic E-state index is 12.6. The number of amides is 1. The second-order valence-electron chi connectivity index (χ2n) is 3.86. The van der Waals surface area contributed by atoms with Crippen molar-refractivity contribution in [3.8, 4) is 0 Å². The van der Waals surface area contributed by atoms with Gasteiger partial charge in [0.15, 0.2) is 0 Å². The Morgan fingerprint density at radius 3 is 2.48 bits per heavy atom. The van der Waals surface area contributed by atoms with E-state index >= 15 is 0 Å². The summed E-state index contributed by atoms with van der Waals surface area (Å²) in [5.74, 6) is -4.36. The lowest BCUT2D eigenvalue weighted by molar-refractivity contribution is 0.102. The first-order valence-electron chi connectivity index (χ1n) is 5.49. The maximum atomic E-state index is 12.6. The van der Waals surface area contributed by atoms with Crippen LogP contribution in [0.2, 0.25) is 5.22 Å². The van der Waals surface area contributed by atoms with E-state index in [-0.39, 0.29) is 16.5 Å². The van der Waals surface area contributed by atoms with Crippen LogP contribution >= 0.6 is 11.6 Å². The van der Waals surface area contributed by atoms with Gasteiger partial charge >= 0.3 is 5.76 Å². The van der Waals surface area contributed by atoms with E-state index in [0.717, 1.165) is 6.07 Å². The largest absolute Gasteiger partial charge is 0.452 e. The van der Waals surface area contributed by atoms with Crippen LogP contribution in [0.5, 0.6) is 0 Å². The molecule has 5 nitrogen and oxygen atoms in total. The Balaban J connectivity index is 2.39. The summed E-state index contributed by atoms with van der Waals surface area (Å²) in [6.45, 7) is 0. The molecule has 1 N–H and O–H groups in total. The second-order valence-corrected chi connectivity index (χ2v) is 6.09. The van der Waals surface area contributed by atoms with Gasteiger partial charge in [-0.05, 0) is 29.8 Å². The molecule has 9 heteroatoms. The van der Waals surface area contributed by atoms with Gasteiger partial charge in [-0.25, -0.2) is 8.42 Å². The molecule has 0 radical (unpaired) electrons. The molecule has 1 aromatic heterocycles. The lowest BCUT2D eigenvalue weighted by Crippen LogP contribution is -2.17. The Kier molecular flexibility index (Phi) is 4.29. The molecule has 21 heavy (non-hydrogen) atoms. The molecule has 0 aliphatic heterocycles. The molecule has 0 fully saturated rings. The predicted molar refractivity (Wildman–Crippen MR) is 71.3 cm³/mol. The number of hydrogen-bond acceptors (Lipinski definition) is 4. The number of anilines is 1. The first kappa shape index (κ1) is 15.5. The first-order chi connectivity index (χ1) is 9.84. The van der Waals surface area contributed by atoms with Crippen LogP contribution in [-0.4, -0.2) is 20.1 Å². The number of rotatable bonds is 4. The van der Waals surface area contributed by atoms with Crippen LogP contribution in [0.1, 0.15) is 10.4 Å². The van der Waals surface area contributed by atoms with Crippen LogP contribution in [-0.2, 0) is 9.84 Å². The second kappa shape index (κ2) is 5.82. The zero-order valence-electron chi connectivity index (χ0n) is 10.2. The summed E-state index contributed by atoms with van der Waals surface area (Å²) in [4.78, 5) is 11.2. The quantitative estimate of drug-likeness (QED) is 0.931. The Morgan fingerprint density at radius 2 is 1.90 bits per heavy atom. The molecule has 0 saturated heterocycles. The van der Waals surface area contributed by atoms with Crippen molar-refractivity contribution in [3.05, 3.63) is 47.4 Å². The number of para-hydroxylation sites is 1. The third-order valence-electron chi connectivity index (χ3n) is 2.54. The zero-order valence-corrected chi connectivity index (χ0v) is 11.8. The van der Waals surface area contributed by atoms with Crippen LogP contribution in [0, 0.1) is 0 Å². The first-order valence-corrected chi connectivity index (χ1v) is 7.42. The summed E-state index contributed by atoms with van der Waals surface area (Å²) in [5.41, 5.74) is -0.305. The molecular formula is C12H8ClF2NO4S. The van der Waals surface area contributed by atoms with E-state index < -0.39 is 26.4 Å². The fraction of sp³-hybridized carbons (Fsp3) is 0.0833. The normalized spacial score (nSPS) is 11.6. The summed E-state index contributed by atoms with van der Waals surface area (Å²) >= 11 is 5.62. The molecule has 0 saturated carbocycles. The van der Waals surface area contributed by atoms with Crippen molar-refractivity contribution in [2.45, 2.75) is 10.7 Å². The molecule has 0 aliphatic carbocycles. The Hall–Kier alpha value is -1.93. The minimum absolute atomic E-state index is 0.0408. The summed E-state index contributed by atoms with van der Waals surface area (Å²) in [6.07, 6.45) is 1.17. The maximum Gasteiger partial charge on any atom is 0.341 e. The van der Waals surface area contributed by atoms with Gasteiger partial charge in [0.2, 0.25) is 15.1 Å². The van der Waals surface area contributed by atoms with Gasteiger partial charge in [0.1, 0.15) is 0 Å². The average molecular weight is 336 g/mol. The number of nitrogens with one attached hydrogen (secondary N) is 1. The van der Waals surface area contributed by atoms with Crippen LogP contribution in [0.15, 0.2) is 45.9 Å². The molecule has 1 aromatic carbocycles. The fourth-order valence-electron chi connectivity index (χ4n) is 1.56. The van der Waals surface area contributed by atoms with E-state index in [9.17, 15) is 22.0 Å². The highest BCUT2D eigenvalue weighted by atomic mass is 35.5. The van der Waals surface area contributed by atoms with Crippen LogP contribution in [0.3, 0.4) is 0 Å². The predicted octanol–water partition coefficient (Wildman–Crippen LogP) is 3.18.